The second kappa shape index (κ2) is 8.26. The molecule has 1 aromatic rings. The van der Waals surface area contributed by atoms with Crippen LogP contribution in [0.2, 0.25) is 0 Å². The fourth-order valence-corrected chi connectivity index (χ4v) is 2.21. The van der Waals surface area contributed by atoms with Crippen molar-refractivity contribution < 1.29 is 71.7 Å². The minimum atomic E-state index is -8.00. The number of halogens is 13. The molecule has 1 rings (SSSR count). The molecule has 0 fully saturated rings. The molecule has 0 heterocycles. The summed E-state index contributed by atoms with van der Waals surface area (Å²) in [5.74, 6) is -38.7. The summed E-state index contributed by atoms with van der Waals surface area (Å²) in [6, 6.07) is 2.98. The van der Waals surface area contributed by atoms with Crippen LogP contribution in [0.25, 0.3) is 0 Å². The molecule has 0 saturated heterocycles. The number of ether oxygens (including phenoxy) is 1. The predicted octanol–water partition coefficient (Wildman–Crippen LogP) is 5.77. The van der Waals surface area contributed by atoms with E-state index in [4.69, 9.17) is 0 Å². The van der Waals surface area contributed by atoms with Gasteiger partial charge in [0, 0.05) is 13.3 Å². The maximum atomic E-state index is 13.8. The van der Waals surface area contributed by atoms with Crippen molar-refractivity contribution in [2.75, 3.05) is 0 Å². The van der Waals surface area contributed by atoms with Crippen molar-refractivity contribution in [3.05, 3.63) is 29.8 Å². The Morgan fingerprint density at radius 3 is 1.56 bits per heavy atom. The average Bonchev–Trinajstić information content (AvgIpc) is 2.59. The van der Waals surface area contributed by atoms with E-state index in [1.54, 1.807) is 0 Å². The lowest BCUT2D eigenvalue weighted by Gasteiger charge is -2.40. The summed E-state index contributed by atoms with van der Waals surface area (Å²) in [5.41, 5.74) is -0.730. The number of aliphatic hydroxyl groups is 1. The van der Waals surface area contributed by atoms with E-state index >= 15 is 0 Å². The molecule has 16 heteroatoms. The van der Waals surface area contributed by atoms with Crippen molar-refractivity contribution in [2.24, 2.45) is 0 Å². The number of carbonyl (C=O) groups excluding carboxylic acids is 1. The average molecular weight is 498 g/mol. The predicted molar refractivity (Wildman–Crippen MR) is 78.1 cm³/mol. The first kappa shape index (κ1) is 27.8. The van der Waals surface area contributed by atoms with E-state index in [-0.39, 0.29) is 5.75 Å². The molecule has 0 saturated carbocycles. The SMILES string of the molecule is CC(=O)Oc1ccc(C(O)CC(F)(F)C(F)(F)C(F)(F)C(F)(F)C(F)(F)C(F)(F)F)cc1. The topological polar surface area (TPSA) is 46.5 Å². The molecular weight excluding hydrogens is 487 g/mol. The quantitative estimate of drug-likeness (QED) is 0.281. The third-order valence-electron chi connectivity index (χ3n) is 3.97. The zero-order valence-corrected chi connectivity index (χ0v) is 15.3. The van der Waals surface area contributed by atoms with Crippen molar-refractivity contribution in [1.82, 2.24) is 0 Å². The Hall–Kier alpha value is -2.26. The fraction of sp³-hybridized carbons (Fsp3) is 0.562. The van der Waals surface area contributed by atoms with Crippen LogP contribution in [0, 0.1) is 0 Å². The third-order valence-corrected chi connectivity index (χ3v) is 3.97. The van der Waals surface area contributed by atoms with Gasteiger partial charge in [0.05, 0.1) is 6.10 Å². The third kappa shape index (κ3) is 4.59. The molecule has 0 aromatic heterocycles. The number of alkyl halides is 13. The number of rotatable bonds is 8. The number of aliphatic hydroxyl groups excluding tert-OH is 1. The van der Waals surface area contributed by atoms with Crippen LogP contribution in [0.15, 0.2) is 24.3 Å². The van der Waals surface area contributed by atoms with Crippen LogP contribution in [-0.4, -0.2) is 46.9 Å². The minimum absolute atomic E-state index is 0.244. The number of benzene rings is 1. The van der Waals surface area contributed by atoms with Crippen molar-refractivity contribution in [3.8, 4) is 5.75 Å². The molecule has 0 aliphatic rings. The molecule has 0 spiro atoms. The summed E-state index contributed by atoms with van der Waals surface area (Å²) >= 11 is 0. The lowest BCUT2D eigenvalue weighted by molar-refractivity contribution is -0.440. The number of hydrogen-bond donors (Lipinski definition) is 1. The monoisotopic (exact) mass is 498 g/mol. The molecule has 1 unspecified atom stereocenters. The second-order valence-corrected chi connectivity index (χ2v) is 6.38. The molecule has 0 bridgehead atoms. The maximum absolute atomic E-state index is 13.8. The van der Waals surface area contributed by atoms with Gasteiger partial charge in [-0.3, -0.25) is 4.79 Å². The highest BCUT2D eigenvalue weighted by Gasteiger charge is 2.90. The molecule has 184 valence electrons. The summed E-state index contributed by atoms with van der Waals surface area (Å²) in [5, 5.41) is 9.57. The number of esters is 1. The molecule has 1 aromatic carbocycles. The lowest BCUT2D eigenvalue weighted by Crippen LogP contribution is -2.70. The van der Waals surface area contributed by atoms with E-state index in [2.05, 4.69) is 4.74 Å². The molecular formula is C16H11F13O3. The lowest BCUT2D eigenvalue weighted by atomic mass is 9.90. The van der Waals surface area contributed by atoms with Crippen LogP contribution in [0.3, 0.4) is 0 Å². The minimum Gasteiger partial charge on any atom is -0.427 e. The number of carbonyl (C=O) groups is 1. The van der Waals surface area contributed by atoms with Gasteiger partial charge in [0.2, 0.25) is 0 Å². The summed E-state index contributed by atoms with van der Waals surface area (Å²) < 4.78 is 174. The molecule has 3 nitrogen and oxygen atoms in total. The first-order chi connectivity index (χ1) is 14.0. The fourth-order valence-electron chi connectivity index (χ4n) is 2.21. The smallest absolute Gasteiger partial charge is 0.427 e. The zero-order valence-electron chi connectivity index (χ0n) is 15.3. The number of hydrogen-bond acceptors (Lipinski definition) is 3. The van der Waals surface area contributed by atoms with E-state index in [0.717, 1.165) is 19.1 Å². The van der Waals surface area contributed by atoms with Gasteiger partial charge in [-0.05, 0) is 17.7 Å². The molecule has 0 amide bonds. The molecule has 1 N–H and O–H groups in total. The molecule has 32 heavy (non-hydrogen) atoms. The van der Waals surface area contributed by atoms with Gasteiger partial charge in [-0.25, -0.2) is 0 Å². The summed E-state index contributed by atoms with van der Waals surface area (Å²) in [7, 11) is 0. The highest BCUT2D eigenvalue weighted by atomic mass is 19.4. The van der Waals surface area contributed by atoms with Gasteiger partial charge in [0.25, 0.3) is 0 Å². The van der Waals surface area contributed by atoms with Crippen molar-refractivity contribution in [3.63, 3.8) is 0 Å². The summed E-state index contributed by atoms with van der Waals surface area (Å²) in [6.45, 7) is 0.948. The van der Waals surface area contributed by atoms with Crippen LogP contribution >= 0.6 is 0 Å². The van der Waals surface area contributed by atoms with Gasteiger partial charge in [0.15, 0.2) is 0 Å². The Bertz CT molecular complexity index is 815. The van der Waals surface area contributed by atoms with E-state index < -0.39 is 59.8 Å². The molecule has 0 radical (unpaired) electrons. The van der Waals surface area contributed by atoms with Crippen LogP contribution in [0.4, 0.5) is 57.1 Å². The van der Waals surface area contributed by atoms with E-state index in [0.29, 0.717) is 12.1 Å². The maximum Gasteiger partial charge on any atom is 0.460 e. The van der Waals surface area contributed by atoms with E-state index in [1.807, 2.05) is 0 Å². The largest absolute Gasteiger partial charge is 0.460 e. The van der Waals surface area contributed by atoms with Crippen molar-refractivity contribution >= 4 is 5.97 Å². The highest BCUT2D eigenvalue weighted by Crippen LogP contribution is 2.61. The Balaban J connectivity index is 3.26. The highest BCUT2D eigenvalue weighted by molar-refractivity contribution is 5.69. The summed E-state index contributed by atoms with van der Waals surface area (Å²) in [4.78, 5) is 10.7. The van der Waals surface area contributed by atoms with Crippen LogP contribution in [0.5, 0.6) is 5.75 Å². The van der Waals surface area contributed by atoms with Gasteiger partial charge in [-0.1, -0.05) is 12.1 Å². The Labute approximate surface area is 169 Å². The van der Waals surface area contributed by atoms with E-state index in [9.17, 15) is 67.0 Å². The second-order valence-electron chi connectivity index (χ2n) is 6.38. The molecule has 0 aliphatic heterocycles. The van der Waals surface area contributed by atoms with Crippen LogP contribution < -0.4 is 4.74 Å². The standard InChI is InChI=1S/C16H11F13O3/c1-7(30)32-9-4-2-8(3-5-9)10(31)6-11(17,18)12(19,20)13(21,22)14(23,24)15(25,26)16(27,28)29/h2-5,10,31H,6H2,1H3. The first-order valence-corrected chi connectivity index (χ1v) is 7.95. The summed E-state index contributed by atoms with van der Waals surface area (Å²) in [6.07, 6.45) is -13.1. The normalized spacial score (nSPS) is 15.5. The Morgan fingerprint density at radius 2 is 1.19 bits per heavy atom. The zero-order chi connectivity index (χ0) is 25.6. The molecule has 0 aliphatic carbocycles. The van der Waals surface area contributed by atoms with Gasteiger partial charge in [0.1, 0.15) is 5.75 Å². The molecule has 1 atom stereocenters. The van der Waals surface area contributed by atoms with Gasteiger partial charge >= 0.3 is 41.8 Å². The van der Waals surface area contributed by atoms with Gasteiger partial charge in [-0.15, -0.1) is 0 Å². The van der Waals surface area contributed by atoms with E-state index in [1.165, 1.54) is 0 Å². The van der Waals surface area contributed by atoms with Crippen molar-refractivity contribution in [2.45, 2.75) is 55.2 Å². The van der Waals surface area contributed by atoms with Crippen molar-refractivity contribution in [1.29, 1.82) is 0 Å². The Morgan fingerprint density at radius 1 is 0.781 bits per heavy atom. The Kier molecular flexibility index (Phi) is 7.17. The van der Waals surface area contributed by atoms with Gasteiger partial charge in [-0.2, -0.15) is 57.1 Å². The van der Waals surface area contributed by atoms with Gasteiger partial charge < -0.3 is 9.84 Å². The first-order valence-electron chi connectivity index (χ1n) is 7.95. The van der Waals surface area contributed by atoms with Crippen LogP contribution in [0.1, 0.15) is 25.0 Å². The van der Waals surface area contributed by atoms with Crippen LogP contribution in [-0.2, 0) is 4.79 Å².